The summed E-state index contributed by atoms with van der Waals surface area (Å²) in [6, 6.07) is 0. The molecule has 8 nitrogen and oxygen atoms in total. The molecule has 0 fully saturated rings. The quantitative estimate of drug-likeness (QED) is 0.143. The molecule has 0 rings (SSSR count). The third-order valence-electron chi connectivity index (χ3n) is 5.68. The van der Waals surface area contributed by atoms with E-state index in [0.29, 0.717) is 6.42 Å². The van der Waals surface area contributed by atoms with Crippen LogP contribution in [0.15, 0.2) is 12.2 Å². The van der Waals surface area contributed by atoms with Crippen LogP contribution in [0.2, 0.25) is 0 Å². The van der Waals surface area contributed by atoms with Crippen LogP contribution in [0.1, 0.15) is 103 Å². The predicted octanol–water partition coefficient (Wildman–Crippen LogP) is 5.33. The predicted molar refractivity (Wildman–Crippen MR) is 126 cm³/mol. The summed E-state index contributed by atoms with van der Waals surface area (Å²) in [7, 11) is 0. The second kappa shape index (κ2) is 18.6. The fourth-order valence-corrected chi connectivity index (χ4v) is 3.61. The SMILES string of the molecule is CCCCCCCC/C=C\CCCCCCCC(=O)C(N)(CCO)CN(C(=O)O)C(=O)O. The standard InChI is InChI=1S/C24H44N2O6/c1-2-3-4-5-6-7-8-9-10-11-12-13-14-15-16-17-21(28)24(25,18-19-27)20-26(22(29)30)23(31)32/h9-10,27H,2-8,11-20,25H2,1H3,(H,29,30)(H,31,32)/b10-9-. The van der Waals surface area contributed by atoms with E-state index in [0.717, 1.165) is 38.5 Å². The summed E-state index contributed by atoms with van der Waals surface area (Å²) in [5.74, 6) is -0.420. The lowest BCUT2D eigenvalue weighted by Crippen LogP contribution is -2.58. The van der Waals surface area contributed by atoms with E-state index in [1.807, 2.05) is 0 Å². The number of aliphatic hydroxyl groups is 1. The molecule has 0 spiro atoms. The minimum absolute atomic E-state index is 0.0908. The zero-order chi connectivity index (χ0) is 24.2. The van der Waals surface area contributed by atoms with Crippen LogP contribution in [-0.2, 0) is 4.79 Å². The van der Waals surface area contributed by atoms with Gasteiger partial charge in [0.15, 0.2) is 5.78 Å². The zero-order valence-corrected chi connectivity index (χ0v) is 19.8. The van der Waals surface area contributed by atoms with Crippen molar-refractivity contribution in [3.05, 3.63) is 12.2 Å². The van der Waals surface area contributed by atoms with Crippen molar-refractivity contribution in [3.63, 3.8) is 0 Å². The molecule has 1 atom stereocenters. The smallest absolute Gasteiger partial charge is 0.416 e. The molecule has 0 heterocycles. The van der Waals surface area contributed by atoms with Crippen molar-refractivity contribution in [1.29, 1.82) is 0 Å². The van der Waals surface area contributed by atoms with Crippen molar-refractivity contribution in [2.45, 2.75) is 109 Å². The second-order valence-corrected chi connectivity index (χ2v) is 8.54. The molecule has 5 N–H and O–H groups in total. The number of carboxylic acid groups (broad SMARTS) is 2. The van der Waals surface area contributed by atoms with Gasteiger partial charge in [-0.1, -0.05) is 70.4 Å². The molecule has 32 heavy (non-hydrogen) atoms. The minimum Gasteiger partial charge on any atom is -0.465 e. The van der Waals surface area contributed by atoms with Gasteiger partial charge in [-0.05, 0) is 38.5 Å². The molecule has 0 bridgehead atoms. The maximum atomic E-state index is 12.5. The molecule has 0 saturated heterocycles. The Morgan fingerprint density at radius 3 is 1.75 bits per heavy atom. The Balaban J connectivity index is 4.00. The van der Waals surface area contributed by atoms with Gasteiger partial charge < -0.3 is 21.1 Å². The van der Waals surface area contributed by atoms with Gasteiger partial charge in [-0.2, -0.15) is 0 Å². The van der Waals surface area contributed by atoms with Crippen molar-refractivity contribution in [2.24, 2.45) is 5.73 Å². The van der Waals surface area contributed by atoms with Gasteiger partial charge in [0.1, 0.15) is 0 Å². The lowest BCUT2D eigenvalue weighted by atomic mass is 9.87. The summed E-state index contributed by atoms with van der Waals surface area (Å²) in [5, 5.41) is 27.2. The van der Waals surface area contributed by atoms with Crippen molar-refractivity contribution < 1.29 is 29.7 Å². The molecule has 0 aliphatic carbocycles. The lowest BCUT2D eigenvalue weighted by Gasteiger charge is -2.30. The van der Waals surface area contributed by atoms with Crippen molar-refractivity contribution in [2.75, 3.05) is 13.2 Å². The Bertz CT molecular complexity index is 553. The average Bonchev–Trinajstić information content (AvgIpc) is 2.74. The Labute approximate surface area is 192 Å². The van der Waals surface area contributed by atoms with Crippen molar-refractivity contribution in [1.82, 2.24) is 4.90 Å². The number of hydrogen-bond donors (Lipinski definition) is 4. The molecule has 2 amide bonds. The summed E-state index contributed by atoms with van der Waals surface area (Å²) in [6.45, 7) is 1.12. The number of carbonyl (C=O) groups is 3. The van der Waals surface area contributed by atoms with E-state index < -0.39 is 36.7 Å². The van der Waals surface area contributed by atoms with E-state index in [2.05, 4.69) is 19.1 Å². The van der Waals surface area contributed by atoms with Crippen LogP contribution < -0.4 is 5.73 Å². The highest BCUT2D eigenvalue weighted by Crippen LogP contribution is 2.17. The normalized spacial score (nSPS) is 13.2. The number of amides is 2. The van der Waals surface area contributed by atoms with E-state index in [9.17, 15) is 19.5 Å². The van der Waals surface area contributed by atoms with Crippen LogP contribution in [-0.4, -0.2) is 56.9 Å². The number of unbranched alkanes of at least 4 members (excludes halogenated alkanes) is 11. The van der Waals surface area contributed by atoms with Gasteiger partial charge >= 0.3 is 12.2 Å². The minimum atomic E-state index is -1.70. The fourth-order valence-electron chi connectivity index (χ4n) is 3.61. The van der Waals surface area contributed by atoms with Crippen LogP contribution in [0.3, 0.4) is 0 Å². The van der Waals surface area contributed by atoms with Gasteiger partial charge in [0.2, 0.25) is 0 Å². The first kappa shape index (κ1) is 30.1. The molecule has 0 aromatic heterocycles. The number of imide groups is 1. The Morgan fingerprint density at radius 2 is 1.28 bits per heavy atom. The molecule has 0 aromatic carbocycles. The number of hydrogen-bond acceptors (Lipinski definition) is 5. The number of allylic oxidation sites excluding steroid dienone is 2. The summed E-state index contributed by atoms with van der Waals surface area (Å²) in [5.41, 5.74) is 4.30. The molecule has 0 saturated carbocycles. The van der Waals surface area contributed by atoms with E-state index in [4.69, 9.17) is 15.9 Å². The van der Waals surface area contributed by atoms with Crippen molar-refractivity contribution in [3.8, 4) is 0 Å². The highest BCUT2D eigenvalue weighted by molar-refractivity contribution is 5.91. The van der Waals surface area contributed by atoms with E-state index in [1.165, 1.54) is 38.5 Å². The van der Waals surface area contributed by atoms with Gasteiger partial charge in [0.25, 0.3) is 0 Å². The first-order chi connectivity index (χ1) is 15.3. The number of ketones is 1. The summed E-state index contributed by atoms with van der Waals surface area (Å²) < 4.78 is 0. The number of carbonyl (C=O) groups excluding carboxylic acids is 1. The molecular weight excluding hydrogens is 412 g/mol. The first-order valence-electron chi connectivity index (χ1n) is 12.1. The van der Waals surface area contributed by atoms with Crippen LogP contribution in [0.4, 0.5) is 9.59 Å². The van der Waals surface area contributed by atoms with E-state index in [1.54, 1.807) is 0 Å². The van der Waals surface area contributed by atoms with Crippen molar-refractivity contribution >= 4 is 18.0 Å². The fraction of sp³-hybridized carbons (Fsp3) is 0.792. The highest BCUT2D eigenvalue weighted by Gasteiger charge is 2.38. The maximum absolute atomic E-state index is 12.5. The Morgan fingerprint density at radius 1 is 0.812 bits per heavy atom. The maximum Gasteiger partial charge on any atom is 0.416 e. The molecular formula is C24H44N2O6. The van der Waals surface area contributed by atoms with Gasteiger partial charge in [-0.15, -0.1) is 0 Å². The van der Waals surface area contributed by atoms with Crippen LogP contribution in [0.5, 0.6) is 0 Å². The molecule has 0 aromatic rings. The van der Waals surface area contributed by atoms with Crippen LogP contribution in [0.25, 0.3) is 0 Å². The first-order valence-corrected chi connectivity index (χ1v) is 12.1. The molecule has 186 valence electrons. The summed E-state index contributed by atoms with van der Waals surface area (Å²) in [4.78, 5) is 34.7. The monoisotopic (exact) mass is 456 g/mol. The highest BCUT2D eigenvalue weighted by atomic mass is 16.4. The number of nitrogens with zero attached hydrogens (tertiary/aromatic N) is 1. The van der Waals surface area contributed by atoms with E-state index in [-0.39, 0.29) is 17.7 Å². The zero-order valence-electron chi connectivity index (χ0n) is 19.8. The van der Waals surface area contributed by atoms with Gasteiger partial charge in [-0.25, -0.2) is 14.5 Å². The number of aliphatic hydroxyl groups excluding tert-OH is 1. The summed E-state index contributed by atoms with van der Waals surface area (Å²) in [6.07, 6.45) is 15.9. The topological polar surface area (TPSA) is 141 Å². The number of rotatable bonds is 20. The van der Waals surface area contributed by atoms with Crippen LogP contribution in [0, 0.1) is 0 Å². The largest absolute Gasteiger partial charge is 0.465 e. The van der Waals surface area contributed by atoms with E-state index >= 15 is 0 Å². The third kappa shape index (κ3) is 14.2. The molecule has 0 aliphatic rings. The Hall–Kier alpha value is -1.93. The number of Topliss-reactive ketones (excluding diaryl/α,β-unsaturated/α-hetero) is 1. The molecule has 8 heteroatoms. The average molecular weight is 457 g/mol. The van der Waals surface area contributed by atoms with Gasteiger partial charge in [0, 0.05) is 13.0 Å². The third-order valence-corrected chi connectivity index (χ3v) is 5.68. The number of nitrogens with two attached hydrogens (primary N) is 1. The van der Waals surface area contributed by atoms with Gasteiger partial charge in [-0.3, -0.25) is 4.79 Å². The molecule has 0 aliphatic heterocycles. The second-order valence-electron chi connectivity index (χ2n) is 8.54. The Kier molecular flexibility index (Phi) is 17.5. The lowest BCUT2D eigenvalue weighted by molar-refractivity contribution is -0.125. The van der Waals surface area contributed by atoms with Crippen LogP contribution >= 0.6 is 0 Å². The van der Waals surface area contributed by atoms with Gasteiger partial charge in [0.05, 0.1) is 12.1 Å². The molecule has 0 radical (unpaired) electrons. The summed E-state index contributed by atoms with van der Waals surface area (Å²) >= 11 is 0. The molecule has 1 unspecified atom stereocenters.